The molecule has 1 atom stereocenters. The number of nitrogens with zero attached hydrogens (tertiary/aromatic N) is 4. The van der Waals surface area contributed by atoms with E-state index in [0.717, 1.165) is 30.2 Å². The number of thioether (sulfide) groups is 1. The zero-order valence-corrected chi connectivity index (χ0v) is 18.7. The Morgan fingerprint density at radius 1 is 1.14 bits per heavy atom. The van der Waals surface area contributed by atoms with Crippen molar-refractivity contribution >= 4 is 17.7 Å². The molecule has 1 unspecified atom stereocenters. The van der Waals surface area contributed by atoms with Crippen molar-refractivity contribution in [3.8, 4) is 5.69 Å². The van der Waals surface area contributed by atoms with Gasteiger partial charge in [-0.15, -0.1) is 11.8 Å². The lowest BCUT2D eigenvalue weighted by atomic mass is 10.1. The molecule has 0 radical (unpaired) electrons. The number of rotatable bonds is 7. The topological polar surface area (TPSA) is 41.4 Å². The smallest absolute Gasteiger partial charge is 0.233 e. The molecular weight excluding hydrogens is 368 g/mol. The highest BCUT2D eigenvalue weighted by Crippen LogP contribution is 2.41. The lowest BCUT2D eigenvalue weighted by molar-refractivity contribution is -0.128. The van der Waals surface area contributed by atoms with Gasteiger partial charge in [-0.25, -0.2) is 4.68 Å². The summed E-state index contributed by atoms with van der Waals surface area (Å²) in [5.74, 6) is 0.775. The second-order valence-electron chi connectivity index (χ2n) is 8.01. The number of aryl methyl sites for hydroxylation is 1. The van der Waals surface area contributed by atoms with Crippen molar-refractivity contribution in [2.45, 2.75) is 59.0 Å². The van der Waals surface area contributed by atoms with Gasteiger partial charge in [0, 0.05) is 36.4 Å². The van der Waals surface area contributed by atoms with E-state index >= 15 is 0 Å². The molecule has 0 saturated carbocycles. The molecule has 1 fully saturated rings. The average Bonchev–Trinajstić information content (AvgIpc) is 3.14. The quantitative estimate of drug-likeness (QED) is 0.699. The SMILES string of the molecule is Cc1nn(-c2ccccc2)c(C)c1C1SCC(=O)N1CCN(C(C)C)C(C)C. The third-order valence-electron chi connectivity index (χ3n) is 5.49. The third-order valence-corrected chi connectivity index (χ3v) is 6.71. The van der Waals surface area contributed by atoms with Crippen LogP contribution in [0.5, 0.6) is 0 Å². The Bertz CT molecular complexity index is 807. The molecule has 1 aromatic carbocycles. The first-order valence-corrected chi connectivity index (χ1v) is 11.1. The first-order chi connectivity index (χ1) is 13.3. The Labute approximate surface area is 173 Å². The van der Waals surface area contributed by atoms with Crippen LogP contribution in [0.3, 0.4) is 0 Å². The van der Waals surface area contributed by atoms with E-state index in [0.29, 0.717) is 17.8 Å². The second kappa shape index (κ2) is 8.70. The maximum Gasteiger partial charge on any atom is 0.233 e. The summed E-state index contributed by atoms with van der Waals surface area (Å²) in [5, 5.41) is 4.84. The van der Waals surface area contributed by atoms with Crippen molar-refractivity contribution in [3.63, 3.8) is 0 Å². The number of amides is 1. The van der Waals surface area contributed by atoms with Gasteiger partial charge in [-0.2, -0.15) is 5.10 Å². The summed E-state index contributed by atoms with van der Waals surface area (Å²) in [6.07, 6.45) is 0. The van der Waals surface area contributed by atoms with Gasteiger partial charge >= 0.3 is 0 Å². The Balaban J connectivity index is 1.86. The van der Waals surface area contributed by atoms with Crippen molar-refractivity contribution in [1.29, 1.82) is 0 Å². The van der Waals surface area contributed by atoms with Crippen molar-refractivity contribution in [2.75, 3.05) is 18.8 Å². The van der Waals surface area contributed by atoms with Gasteiger partial charge in [-0.3, -0.25) is 9.69 Å². The summed E-state index contributed by atoms with van der Waals surface area (Å²) >= 11 is 1.72. The van der Waals surface area contributed by atoms with Gasteiger partial charge in [0.1, 0.15) is 5.37 Å². The van der Waals surface area contributed by atoms with Crippen LogP contribution in [0.2, 0.25) is 0 Å². The number of carbonyl (C=O) groups is 1. The van der Waals surface area contributed by atoms with Crippen LogP contribution in [0.15, 0.2) is 30.3 Å². The van der Waals surface area contributed by atoms with E-state index in [-0.39, 0.29) is 11.3 Å². The van der Waals surface area contributed by atoms with Crippen LogP contribution in [-0.4, -0.2) is 56.4 Å². The maximum atomic E-state index is 12.7. The molecule has 1 aromatic heterocycles. The highest BCUT2D eigenvalue weighted by atomic mass is 32.2. The van der Waals surface area contributed by atoms with E-state index in [1.54, 1.807) is 11.8 Å². The van der Waals surface area contributed by atoms with E-state index in [1.165, 1.54) is 5.56 Å². The second-order valence-corrected chi connectivity index (χ2v) is 9.08. The monoisotopic (exact) mass is 400 g/mol. The molecule has 3 rings (SSSR count). The highest BCUT2D eigenvalue weighted by Gasteiger charge is 2.36. The molecule has 0 spiro atoms. The molecule has 1 aliphatic heterocycles. The number of benzene rings is 1. The molecule has 0 N–H and O–H groups in total. The number of carbonyl (C=O) groups excluding carboxylic acids is 1. The summed E-state index contributed by atoms with van der Waals surface area (Å²) in [6, 6.07) is 11.1. The van der Waals surface area contributed by atoms with Crippen molar-refractivity contribution in [2.24, 2.45) is 0 Å². The Kier molecular flexibility index (Phi) is 6.50. The minimum atomic E-state index is 0.0473. The predicted molar refractivity (Wildman–Crippen MR) is 117 cm³/mol. The van der Waals surface area contributed by atoms with E-state index in [1.807, 2.05) is 22.9 Å². The van der Waals surface area contributed by atoms with Crippen LogP contribution < -0.4 is 0 Å². The summed E-state index contributed by atoms with van der Waals surface area (Å²) in [4.78, 5) is 17.2. The first kappa shape index (κ1) is 20.9. The standard InChI is InChI=1S/C22H32N4OS/c1-15(2)24(16(3)4)12-13-25-20(27)14-28-22(25)21-17(5)23-26(18(21)6)19-10-8-7-9-11-19/h7-11,15-16,22H,12-14H2,1-6H3. The van der Waals surface area contributed by atoms with Crippen LogP contribution in [0.4, 0.5) is 0 Å². The lowest BCUT2D eigenvalue weighted by Crippen LogP contribution is -2.43. The van der Waals surface area contributed by atoms with Gasteiger partial charge in [0.25, 0.3) is 0 Å². The van der Waals surface area contributed by atoms with Crippen LogP contribution >= 0.6 is 11.8 Å². The Hall–Kier alpha value is -1.79. The van der Waals surface area contributed by atoms with Crippen LogP contribution in [0.25, 0.3) is 5.69 Å². The molecule has 1 aliphatic rings. The molecular formula is C22H32N4OS. The van der Waals surface area contributed by atoms with E-state index in [2.05, 4.69) is 63.5 Å². The molecule has 1 amide bonds. The molecule has 6 heteroatoms. The molecule has 2 heterocycles. The van der Waals surface area contributed by atoms with Gasteiger partial charge in [-0.05, 0) is 53.7 Å². The van der Waals surface area contributed by atoms with Gasteiger partial charge in [0.2, 0.25) is 5.91 Å². The highest BCUT2D eigenvalue weighted by molar-refractivity contribution is 8.00. The summed E-state index contributed by atoms with van der Waals surface area (Å²) in [6.45, 7) is 14.7. The van der Waals surface area contributed by atoms with E-state index < -0.39 is 0 Å². The average molecular weight is 401 g/mol. The minimum absolute atomic E-state index is 0.0473. The summed E-state index contributed by atoms with van der Waals surface area (Å²) in [7, 11) is 0. The Morgan fingerprint density at radius 2 is 1.79 bits per heavy atom. The van der Waals surface area contributed by atoms with Gasteiger partial charge in [-0.1, -0.05) is 18.2 Å². The number of aromatic nitrogens is 2. The van der Waals surface area contributed by atoms with Crippen molar-refractivity contribution in [1.82, 2.24) is 19.6 Å². The van der Waals surface area contributed by atoms with Crippen LogP contribution in [-0.2, 0) is 4.79 Å². The number of para-hydroxylation sites is 1. The number of hydrogen-bond donors (Lipinski definition) is 0. The summed E-state index contributed by atoms with van der Waals surface area (Å²) < 4.78 is 2.00. The zero-order valence-electron chi connectivity index (χ0n) is 17.8. The molecule has 0 bridgehead atoms. The van der Waals surface area contributed by atoms with E-state index in [4.69, 9.17) is 5.10 Å². The lowest BCUT2D eigenvalue weighted by Gasteiger charge is -2.33. The first-order valence-electron chi connectivity index (χ1n) is 10.1. The van der Waals surface area contributed by atoms with Crippen molar-refractivity contribution in [3.05, 3.63) is 47.3 Å². The van der Waals surface area contributed by atoms with Gasteiger partial charge < -0.3 is 4.90 Å². The predicted octanol–water partition coefficient (Wildman–Crippen LogP) is 4.18. The minimum Gasteiger partial charge on any atom is -0.324 e. The zero-order chi connectivity index (χ0) is 20.4. The molecule has 2 aromatic rings. The molecule has 1 saturated heterocycles. The normalized spacial score (nSPS) is 17.5. The summed E-state index contributed by atoms with van der Waals surface area (Å²) in [5.41, 5.74) is 4.36. The molecule has 5 nitrogen and oxygen atoms in total. The Morgan fingerprint density at radius 3 is 2.39 bits per heavy atom. The molecule has 28 heavy (non-hydrogen) atoms. The third kappa shape index (κ3) is 4.13. The van der Waals surface area contributed by atoms with Crippen molar-refractivity contribution < 1.29 is 4.79 Å². The fraction of sp³-hybridized carbons (Fsp3) is 0.545. The fourth-order valence-electron chi connectivity index (χ4n) is 4.10. The number of hydrogen-bond acceptors (Lipinski definition) is 4. The van der Waals surface area contributed by atoms with Gasteiger partial charge in [0.05, 0.1) is 17.1 Å². The molecule has 152 valence electrons. The maximum absolute atomic E-state index is 12.7. The van der Waals surface area contributed by atoms with Gasteiger partial charge in [0.15, 0.2) is 0 Å². The van der Waals surface area contributed by atoms with Crippen LogP contribution in [0.1, 0.15) is 50.0 Å². The molecule has 0 aliphatic carbocycles. The largest absolute Gasteiger partial charge is 0.324 e. The van der Waals surface area contributed by atoms with E-state index in [9.17, 15) is 4.79 Å². The van der Waals surface area contributed by atoms with Crippen LogP contribution in [0, 0.1) is 13.8 Å². The fourth-order valence-corrected chi connectivity index (χ4v) is 5.48.